The number of thioether (sulfide) groups is 1. The number of carbonyl (C=O) groups excluding carboxylic acids is 1. The second-order valence-electron chi connectivity index (χ2n) is 6.27. The quantitative estimate of drug-likeness (QED) is 0.815. The average molecular weight is 298 g/mol. The molecule has 2 saturated heterocycles. The summed E-state index contributed by atoms with van der Waals surface area (Å²) in [6.45, 7) is 1.000. The summed E-state index contributed by atoms with van der Waals surface area (Å²) in [5.74, 6) is 1.64. The monoisotopic (exact) mass is 298 g/mol. The van der Waals surface area contributed by atoms with Crippen LogP contribution in [0.5, 0.6) is 0 Å². The SMILES string of the molecule is O=C(NC1CCSCC1)N1C[C@@H]2CCC[C@@]2(C(=O)O)C1. The van der Waals surface area contributed by atoms with Crippen molar-refractivity contribution in [3.63, 3.8) is 0 Å². The van der Waals surface area contributed by atoms with Crippen LogP contribution in [0.3, 0.4) is 0 Å². The molecule has 6 heteroatoms. The minimum Gasteiger partial charge on any atom is -0.481 e. The lowest BCUT2D eigenvalue weighted by molar-refractivity contribution is -0.149. The fourth-order valence-electron chi connectivity index (χ4n) is 3.90. The highest BCUT2D eigenvalue weighted by molar-refractivity contribution is 7.99. The Labute approximate surface area is 123 Å². The minimum atomic E-state index is -0.718. The molecule has 2 atom stereocenters. The smallest absolute Gasteiger partial charge is 0.317 e. The van der Waals surface area contributed by atoms with Crippen molar-refractivity contribution in [3.8, 4) is 0 Å². The zero-order chi connectivity index (χ0) is 14.2. The van der Waals surface area contributed by atoms with Crippen LogP contribution >= 0.6 is 11.8 Å². The maximum Gasteiger partial charge on any atom is 0.317 e. The predicted octanol–water partition coefficient (Wildman–Crippen LogP) is 1.78. The molecule has 2 aliphatic heterocycles. The summed E-state index contributed by atoms with van der Waals surface area (Å²) < 4.78 is 0. The number of nitrogens with one attached hydrogen (secondary N) is 1. The van der Waals surface area contributed by atoms with Gasteiger partial charge in [0.1, 0.15) is 0 Å². The highest BCUT2D eigenvalue weighted by Gasteiger charge is 2.55. The molecular weight excluding hydrogens is 276 g/mol. The number of carbonyl (C=O) groups is 2. The molecule has 0 spiro atoms. The first kappa shape index (κ1) is 14.0. The van der Waals surface area contributed by atoms with E-state index >= 15 is 0 Å². The van der Waals surface area contributed by atoms with E-state index in [1.807, 2.05) is 11.8 Å². The van der Waals surface area contributed by atoms with Crippen molar-refractivity contribution in [2.75, 3.05) is 24.6 Å². The van der Waals surface area contributed by atoms with Crippen LogP contribution in [0.25, 0.3) is 0 Å². The lowest BCUT2D eigenvalue weighted by Crippen LogP contribution is -2.46. The summed E-state index contributed by atoms with van der Waals surface area (Å²) in [4.78, 5) is 25.7. The molecule has 2 N–H and O–H groups in total. The second-order valence-corrected chi connectivity index (χ2v) is 7.49. The molecule has 1 aliphatic carbocycles. The largest absolute Gasteiger partial charge is 0.481 e. The molecule has 0 unspecified atom stereocenters. The first-order valence-corrected chi connectivity index (χ1v) is 8.64. The van der Waals surface area contributed by atoms with Gasteiger partial charge in [-0.2, -0.15) is 11.8 Å². The first-order valence-electron chi connectivity index (χ1n) is 7.48. The minimum absolute atomic E-state index is 0.0584. The van der Waals surface area contributed by atoms with Crippen LogP contribution < -0.4 is 5.32 Å². The van der Waals surface area contributed by atoms with Crippen LogP contribution in [0.1, 0.15) is 32.1 Å². The molecule has 0 aromatic rings. The third-order valence-electron chi connectivity index (χ3n) is 5.13. The predicted molar refractivity (Wildman–Crippen MR) is 77.9 cm³/mol. The fraction of sp³-hybridized carbons (Fsp3) is 0.857. The fourth-order valence-corrected chi connectivity index (χ4v) is 5.01. The molecular formula is C14H22N2O3S. The van der Waals surface area contributed by atoms with Gasteiger partial charge in [0.2, 0.25) is 0 Å². The molecule has 1 saturated carbocycles. The van der Waals surface area contributed by atoms with Gasteiger partial charge >= 0.3 is 12.0 Å². The number of hydrogen-bond donors (Lipinski definition) is 2. The number of fused-ring (bicyclic) bond motifs is 1. The van der Waals surface area contributed by atoms with Gasteiger partial charge in [0.15, 0.2) is 0 Å². The van der Waals surface area contributed by atoms with Gasteiger partial charge in [-0.1, -0.05) is 6.42 Å². The third kappa shape index (κ3) is 2.38. The van der Waals surface area contributed by atoms with Crippen molar-refractivity contribution in [2.24, 2.45) is 11.3 Å². The van der Waals surface area contributed by atoms with Crippen LogP contribution in [-0.4, -0.2) is 52.6 Å². The normalized spacial score (nSPS) is 34.0. The van der Waals surface area contributed by atoms with Gasteiger partial charge in [-0.05, 0) is 43.1 Å². The van der Waals surface area contributed by atoms with Crippen molar-refractivity contribution >= 4 is 23.8 Å². The maximum atomic E-state index is 12.3. The van der Waals surface area contributed by atoms with Crippen LogP contribution in [0.2, 0.25) is 0 Å². The van der Waals surface area contributed by atoms with Gasteiger partial charge in [0.25, 0.3) is 0 Å². The van der Waals surface area contributed by atoms with E-state index in [1.54, 1.807) is 4.90 Å². The zero-order valence-electron chi connectivity index (χ0n) is 11.6. The van der Waals surface area contributed by atoms with Crippen LogP contribution in [0.15, 0.2) is 0 Å². The molecule has 0 bridgehead atoms. The van der Waals surface area contributed by atoms with Crippen molar-refractivity contribution < 1.29 is 14.7 Å². The first-order chi connectivity index (χ1) is 9.62. The van der Waals surface area contributed by atoms with E-state index in [-0.39, 0.29) is 18.0 Å². The van der Waals surface area contributed by atoms with Gasteiger partial charge in [-0.3, -0.25) is 4.79 Å². The Morgan fingerprint density at radius 3 is 2.65 bits per heavy atom. The van der Waals surface area contributed by atoms with Crippen molar-refractivity contribution in [2.45, 2.75) is 38.1 Å². The standard InChI is InChI=1S/C14H22N2O3S/c17-12(18)14-5-1-2-10(14)8-16(9-14)13(19)15-11-3-6-20-7-4-11/h10-11H,1-9H2,(H,15,19)(H,17,18)/t10-,14+/m0/s1. The number of carboxylic acids is 1. The number of aliphatic carboxylic acids is 1. The number of nitrogens with zero attached hydrogens (tertiary/aromatic N) is 1. The van der Waals surface area contributed by atoms with E-state index in [0.717, 1.165) is 43.6 Å². The van der Waals surface area contributed by atoms with Crippen molar-refractivity contribution in [1.82, 2.24) is 10.2 Å². The summed E-state index contributed by atoms with van der Waals surface area (Å²) in [6, 6.07) is 0.210. The number of amides is 2. The van der Waals surface area contributed by atoms with Crippen LogP contribution in [0, 0.1) is 11.3 Å². The number of carboxylic acid groups (broad SMARTS) is 1. The highest BCUT2D eigenvalue weighted by atomic mass is 32.2. The van der Waals surface area contributed by atoms with E-state index < -0.39 is 11.4 Å². The summed E-state index contributed by atoms with van der Waals surface area (Å²) in [6.07, 6.45) is 4.69. The summed E-state index contributed by atoms with van der Waals surface area (Å²) in [5, 5.41) is 12.6. The van der Waals surface area contributed by atoms with Gasteiger partial charge in [0.05, 0.1) is 5.41 Å². The topological polar surface area (TPSA) is 69.6 Å². The summed E-state index contributed by atoms with van der Waals surface area (Å²) in [5.41, 5.74) is -0.667. The van der Waals surface area contributed by atoms with Crippen molar-refractivity contribution in [3.05, 3.63) is 0 Å². The van der Waals surface area contributed by atoms with Crippen molar-refractivity contribution in [1.29, 1.82) is 0 Å². The molecule has 5 nitrogen and oxygen atoms in total. The molecule has 2 heterocycles. The second kappa shape index (κ2) is 5.47. The Hall–Kier alpha value is -0.910. The third-order valence-corrected chi connectivity index (χ3v) is 6.18. The molecule has 20 heavy (non-hydrogen) atoms. The number of urea groups is 1. The Kier molecular flexibility index (Phi) is 3.84. The van der Waals surface area contributed by atoms with Crippen LogP contribution in [0.4, 0.5) is 4.79 Å². The molecule has 3 fully saturated rings. The molecule has 0 aromatic carbocycles. The zero-order valence-corrected chi connectivity index (χ0v) is 12.5. The van der Waals surface area contributed by atoms with E-state index in [1.165, 1.54) is 0 Å². The Balaban J connectivity index is 1.61. The molecule has 3 aliphatic rings. The van der Waals surface area contributed by atoms with Gasteiger partial charge < -0.3 is 15.3 Å². The van der Waals surface area contributed by atoms with Gasteiger partial charge in [-0.25, -0.2) is 4.79 Å². The van der Waals surface area contributed by atoms with E-state index in [2.05, 4.69) is 5.32 Å². The van der Waals surface area contributed by atoms with Gasteiger partial charge in [0, 0.05) is 19.1 Å². The Morgan fingerprint density at radius 1 is 1.25 bits per heavy atom. The Bertz CT molecular complexity index is 411. The summed E-state index contributed by atoms with van der Waals surface area (Å²) in [7, 11) is 0. The molecule has 0 radical (unpaired) electrons. The molecule has 112 valence electrons. The maximum absolute atomic E-state index is 12.3. The highest BCUT2D eigenvalue weighted by Crippen LogP contribution is 2.48. The lowest BCUT2D eigenvalue weighted by Gasteiger charge is -2.27. The number of rotatable bonds is 2. The average Bonchev–Trinajstić information content (AvgIpc) is 2.97. The molecule has 0 aromatic heterocycles. The van der Waals surface area contributed by atoms with Gasteiger partial charge in [-0.15, -0.1) is 0 Å². The molecule has 3 rings (SSSR count). The molecule has 2 amide bonds. The summed E-state index contributed by atoms with van der Waals surface area (Å²) >= 11 is 1.93. The van der Waals surface area contributed by atoms with Crippen LogP contribution in [-0.2, 0) is 4.79 Å². The van der Waals surface area contributed by atoms with E-state index in [4.69, 9.17) is 0 Å². The lowest BCUT2D eigenvalue weighted by atomic mass is 9.81. The number of likely N-dealkylation sites (tertiary alicyclic amines) is 1. The Morgan fingerprint density at radius 2 is 2.00 bits per heavy atom. The van der Waals surface area contributed by atoms with E-state index in [9.17, 15) is 14.7 Å². The van der Waals surface area contributed by atoms with E-state index in [0.29, 0.717) is 13.1 Å². The number of hydrogen-bond acceptors (Lipinski definition) is 3.